The van der Waals surface area contributed by atoms with Crippen molar-refractivity contribution in [1.29, 1.82) is 0 Å². The standard InChI is InChI=1S/C7H10N2O3S/c1-8-5(6(10)11)4-13-7-9-2-3-12-7/h2-3,5,8H,4H2,1H3,(H,10,11). The number of nitrogens with one attached hydrogen (secondary N) is 1. The lowest BCUT2D eigenvalue weighted by Crippen LogP contribution is -2.35. The number of oxazole rings is 1. The van der Waals surface area contributed by atoms with Crippen LogP contribution in [0.5, 0.6) is 0 Å². The van der Waals surface area contributed by atoms with E-state index in [1.54, 1.807) is 7.05 Å². The molecule has 0 bridgehead atoms. The summed E-state index contributed by atoms with van der Waals surface area (Å²) in [6.45, 7) is 0. The van der Waals surface area contributed by atoms with E-state index in [4.69, 9.17) is 9.52 Å². The lowest BCUT2D eigenvalue weighted by molar-refractivity contribution is -0.138. The third kappa shape index (κ3) is 3.08. The molecule has 1 rings (SSSR count). The Morgan fingerprint density at radius 1 is 1.92 bits per heavy atom. The number of hydrogen-bond acceptors (Lipinski definition) is 5. The van der Waals surface area contributed by atoms with Gasteiger partial charge in [-0.05, 0) is 7.05 Å². The highest BCUT2D eigenvalue weighted by Gasteiger charge is 2.15. The summed E-state index contributed by atoms with van der Waals surface area (Å²) in [7, 11) is 1.61. The molecule has 0 amide bonds. The minimum atomic E-state index is -0.874. The van der Waals surface area contributed by atoms with Crippen LogP contribution in [0.15, 0.2) is 22.1 Å². The number of nitrogens with zero attached hydrogens (tertiary/aromatic N) is 1. The van der Waals surface area contributed by atoms with Gasteiger partial charge < -0.3 is 14.8 Å². The van der Waals surface area contributed by atoms with Crippen molar-refractivity contribution in [2.75, 3.05) is 12.8 Å². The van der Waals surface area contributed by atoms with Gasteiger partial charge in [0.25, 0.3) is 5.22 Å². The first-order valence-electron chi connectivity index (χ1n) is 3.66. The normalized spacial score (nSPS) is 12.7. The summed E-state index contributed by atoms with van der Waals surface area (Å²) in [6, 6.07) is -0.572. The zero-order valence-corrected chi connectivity index (χ0v) is 7.87. The van der Waals surface area contributed by atoms with Crippen molar-refractivity contribution in [2.45, 2.75) is 11.3 Å². The second kappa shape index (κ2) is 4.88. The Bertz CT molecular complexity index is 263. The number of hydrogen-bond donors (Lipinski definition) is 2. The van der Waals surface area contributed by atoms with Crippen LogP contribution in [0.4, 0.5) is 0 Å². The molecule has 1 heterocycles. The molecule has 0 saturated heterocycles. The smallest absolute Gasteiger partial charge is 0.321 e. The van der Waals surface area contributed by atoms with Gasteiger partial charge in [-0.25, -0.2) is 4.98 Å². The Kier molecular flexibility index (Phi) is 3.78. The quantitative estimate of drug-likeness (QED) is 0.675. The number of thioether (sulfide) groups is 1. The van der Waals surface area contributed by atoms with E-state index in [-0.39, 0.29) is 0 Å². The highest BCUT2D eigenvalue weighted by atomic mass is 32.2. The van der Waals surface area contributed by atoms with E-state index in [1.807, 2.05) is 0 Å². The summed E-state index contributed by atoms with van der Waals surface area (Å²) in [4.78, 5) is 14.4. The highest BCUT2D eigenvalue weighted by Crippen LogP contribution is 2.15. The first-order chi connectivity index (χ1) is 6.24. The Morgan fingerprint density at radius 3 is 3.15 bits per heavy atom. The van der Waals surface area contributed by atoms with Crippen LogP contribution in [0.25, 0.3) is 0 Å². The molecule has 0 aliphatic heterocycles. The van der Waals surface area contributed by atoms with Crippen LogP contribution in [-0.4, -0.2) is 34.9 Å². The number of carbonyl (C=O) groups is 1. The van der Waals surface area contributed by atoms with Crippen LogP contribution < -0.4 is 5.32 Å². The molecule has 0 saturated carbocycles. The number of aliphatic carboxylic acids is 1. The fourth-order valence-corrected chi connectivity index (χ4v) is 1.59. The van der Waals surface area contributed by atoms with Crippen LogP contribution in [0.2, 0.25) is 0 Å². The van der Waals surface area contributed by atoms with Crippen molar-refractivity contribution in [1.82, 2.24) is 10.3 Å². The van der Waals surface area contributed by atoms with Crippen molar-refractivity contribution >= 4 is 17.7 Å². The number of aromatic nitrogens is 1. The van der Waals surface area contributed by atoms with Gasteiger partial charge in [0.1, 0.15) is 12.3 Å². The molecule has 13 heavy (non-hydrogen) atoms. The predicted octanol–water partition coefficient (Wildman–Crippen LogP) is 0.439. The molecular formula is C7H10N2O3S. The van der Waals surface area contributed by atoms with E-state index in [2.05, 4.69) is 10.3 Å². The average molecular weight is 202 g/mol. The maximum absolute atomic E-state index is 10.6. The summed E-state index contributed by atoms with van der Waals surface area (Å²) < 4.78 is 4.94. The van der Waals surface area contributed by atoms with Gasteiger partial charge in [-0.2, -0.15) is 0 Å². The molecule has 1 atom stereocenters. The van der Waals surface area contributed by atoms with Gasteiger partial charge in [-0.1, -0.05) is 11.8 Å². The highest BCUT2D eigenvalue weighted by molar-refractivity contribution is 7.99. The van der Waals surface area contributed by atoms with Crippen LogP contribution in [0, 0.1) is 0 Å². The Balaban J connectivity index is 2.36. The van der Waals surface area contributed by atoms with E-state index in [0.29, 0.717) is 11.0 Å². The lowest BCUT2D eigenvalue weighted by atomic mass is 10.3. The van der Waals surface area contributed by atoms with Gasteiger partial charge in [0, 0.05) is 5.75 Å². The van der Waals surface area contributed by atoms with Crippen molar-refractivity contribution in [3.05, 3.63) is 12.5 Å². The van der Waals surface area contributed by atoms with Crippen LogP contribution in [0.1, 0.15) is 0 Å². The van der Waals surface area contributed by atoms with Gasteiger partial charge in [0.2, 0.25) is 0 Å². The van der Waals surface area contributed by atoms with Crippen LogP contribution >= 0.6 is 11.8 Å². The fourth-order valence-electron chi connectivity index (χ4n) is 0.714. The van der Waals surface area contributed by atoms with E-state index >= 15 is 0 Å². The molecule has 72 valence electrons. The van der Waals surface area contributed by atoms with Crippen molar-refractivity contribution in [3.63, 3.8) is 0 Å². The lowest BCUT2D eigenvalue weighted by Gasteiger charge is -2.07. The van der Waals surface area contributed by atoms with Gasteiger partial charge in [0.15, 0.2) is 0 Å². The second-order valence-electron chi connectivity index (χ2n) is 2.29. The maximum atomic E-state index is 10.6. The topological polar surface area (TPSA) is 75.4 Å². The predicted molar refractivity (Wildman–Crippen MR) is 47.7 cm³/mol. The first kappa shape index (κ1) is 10.1. The molecule has 0 radical (unpaired) electrons. The Morgan fingerprint density at radius 2 is 2.69 bits per heavy atom. The van der Waals surface area contributed by atoms with Gasteiger partial charge in [-0.3, -0.25) is 4.79 Å². The van der Waals surface area contributed by atoms with E-state index < -0.39 is 12.0 Å². The zero-order chi connectivity index (χ0) is 9.68. The van der Waals surface area contributed by atoms with E-state index in [0.717, 1.165) is 0 Å². The van der Waals surface area contributed by atoms with Crippen molar-refractivity contribution < 1.29 is 14.3 Å². The van der Waals surface area contributed by atoms with Crippen molar-refractivity contribution in [2.24, 2.45) is 0 Å². The average Bonchev–Trinajstić information content (AvgIpc) is 2.57. The van der Waals surface area contributed by atoms with Gasteiger partial charge in [0.05, 0.1) is 6.20 Å². The molecule has 0 aliphatic rings. The largest absolute Gasteiger partial charge is 0.480 e. The minimum absolute atomic E-state index is 0.395. The van der Waals surface area contributed by atoms with Crippen molar-refractivity contribution in [3.8, 4) is 0 Å². The number of carboxylic acids is 1. The molecule has 1 aromatic rings. The summed E-state index contributed by atoms with van der Waals surface area (Å²) >= 11 is 1.27. The molecule has 2 N–H and O–H groups in total. The van der Waals surface area contributed by atoms with E-state index in [9.17, 15) is 4.79 Å². The number of rotatable bonds is 5. The SMILES string of the molecule is CNC(CSc1ncco1)C(=O)O. The number of carboxylic acid groups (broad SMARTS) is 1. The third-order valence-corrected chi connectivity index (χ3v) is 2.38. The second-order valence-corrected chi connectivity index (χ2v) is 3.26. The summed E-state index contributed by atoms with van der Waals surface area (Å²) in [5.74, 6) is -0.478. The summed E-state index contributed by atoms with van der Waals surface area (Å²) in [5.41, 5.74) is 0. The Hall–Kier alpha value is -1.01. The summed E-state index contributed by atoms with van der Waals surface area (Å²) in [5, 5.41) is 11.8. The molecule has 1 unspecified atom stereocenters. The molecule has 5 nitrogen and oxygen atoms in total. The van der Waals surface area contributed by atoms with Crippen LogP contribution in [-0.2, 0) is 4.79 Å². The minimum Gasteiger partial charge on any atom is -0.480 e. The summed E-state index contributed by atoms with van der Waals surface area (Å²) in [6.07, 6.45) is 2.98. The maximum Gasteiger partial charge on any atom is 0.321 e. The zero-order valence-electron chi connectivity index (χ0n) is 7.06. The Labute approximate surface area is 79.5 Å². The third-order valence-electron chi connectivity index (χ3n) is 1.43. The molecule has 0 fully saturated rings. The molecule has 0 spiro atoms. The molecule has 6 heteroatoms. The van der Waals surface area contributed by atoms with Crippen LogP contribution in [0.3, 0.4) is 0 Å². The number of likely N-dealkylation sites (N-methyl/N-ethyl adjacent to an activating group) is 1. The molecule has 1 aromatic heterocycles. The van der Waals surface area contributed by atoms with Gasteiger partial charge >= 0.3 is 5.97 Å². The first-order valence-corrected chi connectivity index (χ1v) is 4.65. The molecule has 0 aromatic carbocycles. The van der Waals surface area contributed by atoms with E-state index in [1.165, 1.54) is 24.2 Å². The fraction of sp³-hybridized carbons (Fsp3) is 0.429. The molecular weight excluding hydrogens is 192 g/mol. The van der Waals surface area contributed by atoms with Gasteiger partial charge in [-0.15, -0.1) is 0 Å². The molecule has 0 aliphatic carbocycles. The monoisotopic (exact) mass is 202 g/mol.